The van der Waals surface area contributed by atoms with Crippen molar-refractivity contribution in [2.24, 2.45) is 5.92 Å². The molecule has 1 aromatic rings. The van der Waals surface area contributed by atoms with E-state index in [1.807, 2.05) is 6.92 Å². The van der Waals surface area contributed by atoms with Gasteiger partial charge in [-0.1, -0.05) is 6.92 Å². The van der Waals surface area contributed by atoms with Crippen LogP contribution in [0.25, 0.3) is 0 Å². The zero-order valence-corrected chi connectivity index (χ0v) is 10.3. The van der Waals surface area contributed by atoms with E-state index in [4.69, 9.17) is 9.47 Å². The SMILES string of the molecule is COCC(C)CC(=O)c1ccc(OC)c(F)c1. The average molecular weight is 240 g/mol. The van der Waals surface area contributed by atoms with Crippen LogP contribution in [0, 0.1) is 11.7 Å². The van der Waals surface area contributed by atoms with Gasteiger partial charge in [-0.15, -0.1) is 0 Å². The fourth-order valence-electron chi connectivity index (χ4n) is 1.62. The number of benzene rings is 1. The van der Waals surface area contributed by atoms with Crippen LogP contribution in [-0.2, 0) is 4.74 Å². The molecule has 1 unspecified atom stereocenters. The third kappa shape index (κ3) is 3.82. The maximum Gasteiger partial charge on any atom is 0.165 e. The fraction of sp³-hybridized carbons (Fsp3) is 0.462. The molecule has 0 saturated heterocycles. The van der Waals surface area contributed by atoms with Crippen molar-refractivity contribution in [3.05, 3.63) is 29.6 Å². The van der Waals surface area contributed by atoms with Crippen molar-refractivity contribution >= 4 is 5.78 Å². The Morgan fingerprint density at radius 3 is 2.65 bits per heavy atom. The molecule has 0 radical (unpaired) electrons. The summed E-state index contributed by atoms with van der Waals surface area (Å²) in [5.41, 5.74) is 0.367. The van der Waals surface area contributed by atoms with E-state index in [-0.39, 0.29) is 17.5 Å². The first-order valence-corrected chi connectivity index (χ1v) is 5.44. The van der Waals surface area contributed by atoms with Crippen molar-refractivity contribution in [2.75, 3.05) is 20.8 Å². The van der Waals surface area contributed by atoms with Crippen molar-refractivity contribution < 1.29 is 18.7 Å². The number of carbonyl (C=O) groups is 1. The summed E-state index contributed by atoms with van der Waals surface area (Å²) in [4.78, 5) is 11.8. The molecule has 0 heterocycles. The predicted molar refractivity (Wildman–Crippen MR) is 62.9 cm³/mol. The topological polar surface area (TPSA) is 35.5 Å². The molecule has 0 saturated carbocycles. The first-order valence-electron chi connectivity index (χ1n) is 5.44. The van der Waals surface area contributed by atoms with Gasteiger partial charge in [-0.05, 0) is 24.1 Å². The maximum atomic E-state index is 13.4. The number of Topliss-reactive ketones (excluding diaryl/α,β-unsaturated/α-hetero) is 1. The first-order chi connectivity index (χ1) is 8.08. The second kappa shape index (κ2) is 6.35. The Hall–Kier alpha value is -1.42. The highest BCUT2D eigenvalue weighted by Crippen LogP contribution is 2.19. The lowest BCUT2D eigenvalue weighted by Crippen LogP contribution is -2.11. The molecule has 1 aromatic carbocycles. The standard InChI is InChI=1S/C13H17FO3/c1-9(8-16-2)6-12(15)10-4-5-13(17-3)11(14)7-10/h4-5,7,9H,6,8H2,1-3H3. The van der Waals surface area contributed by atoms with Gasteiger partial charge in [0, 0.05) is 25.7 Å². The molecule has 1 atom stereocenters. The van der Waals surface area contributed by atoms with Crippen molar-refractivity contribution in [3.8, 4) is 5.75 Å². The molecule has 0 aliphatic rings. The van der Waals surface area contributed by atoms with Gasteiger partial charge in [0.15, 0.2) is 17.3 Å². The van der Waals surface area contributed by atoms with Crippen LogP contribution in [0.15, 0.2) is 18.2 Å². The van der Waals surface area contributed by atoms with Gasteiger partial charge in [0.05, 0.1) is 7.11 Å². The van der Waals surface area contributed by atoms with Crippen molar-refractivity contribution in [1.29, 1.82) is 0 Å². The Balaban J connectivity index is 2.72. The summed E-state index contributed by atoms with van der Waals surface area (Å²) in [6.45, 7) is 2.44. The van der Waals surface area contributed by atoms with Crippen molar-refractivity contribution in [1.82, 2.24) is 0 Å². The lowest BCUT2D eigenvalue weighted by molar-refractivity contribution is 0.0919. The number of carbonyl (C=O) groups excluding carboxylic acids is 1. The molecule has 17 heavy (non-hydrogen) atoms. The number of hydrogen-bond donors (Lipinski definition) is 0. The van der Waals surface area contributed by atoms with Crippen molar-refractivity contribution in [2.45, 2.75) is 13.3 Å². The van der Waals surface area contributed by atoms with Crippen LogP contribution in [0.4, 0.5) is 4.39 Å². The van der Waals surface area contributed by atoms with Crippen LogP contribution in [-0.4, -0.2) is 26.6 Å². The molecule has 0 aliphatic carbocycles. The molecule has 0 spiro atoms. The molecule has 0 N–H and O–H groups in total. The zero-order valence-electron chi connectivity index (χ0n) is 10.3. The second-order valence-corrected chi connectivity index (χ2v) is 4.04. The molecule has 0 aliphatic heterocycles. The van der Waals surface area contributed by atoms with Crippen LogP contribution in [0.3, 0.4) is 0 Å². The molecule has 1 rings (SSSR count). The van der Waals surface area contributed by atoms with Crippen LogP contribution < -0.4 is 4.74 Å². The number of ether oxygens (including phenoxy) is 2. The van der Waals surface area contributed by atoms with Crippen LogP contribution in [0.1, 0.15) is 23.7 Å². The van der Waals surface area contributed by atoms with Crippen molar-refractivity contribution in [3.63, 3.8) is 0 Å². The van der Waals surface area contributed by atoms with Crippen LogP contribution in [0.5, 0.6) is 5.75 Å². The molecule has 0 aromatic heterocycles. The summed E-state index contributed by atoms with van der Waals surface area (Å²) in [5.74, 6) is -0.335. The highest BCUT2D eigenvalue weighted by atomic mass is 19.1. The number of halogens is 1. The van der Waals surface area contributed by atoms with Gasteiger partial charge < -0.3 is 9.47 Å². The highest BCUT2D eigenvalue weighted by molar-refractivity contribution is 5.96. The molecule has 0 bridgehead atoms. The smallest absolute Gasteiger partial charge is 0.165 e. The van der Waals surface area contributed by atoms with Gasteiger partial charge in [-0.2, -0.15) is 0 Å². The predicted octanol–water partition coefficient (Wildman–Crippen LogP) is 2.69. The molecule has 0 fully saturated rings. The minimum absolute atomic E-state index is 0.0869. The van der Waals surface area contributed by atoms with E-state index in [1.165, 1.54) is 19.2 Å². The Kier molecular flexibility index (Phi) is 5.10. The van der Waals surface area contributed by atoms with E-state index in [1.54, 1.807) is 13.2 Å². The van der Waals surface area contributed by atoms with Gasteiger partial charge in [0.25, 0.3) is 0 Å². The summed E-state index contributed by atoms with van der Waals surface area (Å²) >= 11 is 0. The fourth-order valence-corrected chi connectivity index (χ4v) is 1.62. The highest BCUT2D eigenvalue weighted by Gasteiger charge is 2.13. The van der Waals surface area contributed by atoms with E-state index in [9.17, 15) is 9.18 Å². The van der Waals surface area contributed by atoms with E-state index < -0.39 is 5.82 Å². The minimum atomic E-state index is -0.516. The summed E-state index contributed by atoms with van der Waals surface area (Å²) in [7, 11) is 2.98. The van der Waals surface area contributed by atoms with E-state index in [2.05, 4.69) is 0 Å². The van der Waals surface area contributed by atoms with Gasteiger partial charge >= 0.3 is 0 Å². The van der Waals surface area contributed by atoms with Gasteiger partial charge in [0.1, 0.15) is 0 Å². The molecule has 0 amide bonds. The zero-order chi connectivity index (χ0) is 12.8. The van der Waals surface area contributed by atoms with Crippen LogP contribution >= 0.6 is 0 Å². The molecular weight excluding hydrogens is 223 g/mol. The Morgan fingerprint density at radius 2 is 2.12 bits per heavy atom. The summed E-state index contributed by atoms with van der Waals surface area (Å²) in [6.07, 6.45) is 0.347. The minimum Gasteiger partial charge on any atom is -0.494 e. The van der Waals surface area contributed by atoms with Crippen LogP contribution in [0.2, 0.25) is 0 Å². The third-order valence-corrected chi connectivity index (χ3v) is 2.46. The lowest BCUT2D eigenvalue weighted by Gasteiger charge is -2.09. The largest absolute Gasteiger partial charge is 0.494 e. The average Bonchev–Trinajstić information content (AvgIpc) is 2.29. The second-order valence-electron chi connectivity index (χ2n) is 4.04. The Labute approximate surface area is 101 Å². The Bertz CT molecular complexity index is 390. The molecule has 94 valence electrons. The normalized spacial score (nSPS) is 12.2. The van der Waals surface area contributed by atoms with Gasteiger partial charge in [-0.3, -0.25) is 4.79 Å². The summed E-state index contributed by atoms with van der Waals surface area (Å²) in [6, 6.07) is 4.24. The number of methoxy groups -OCH3 is 2. The van der Waals surface area contributed by atoms with Gasteiger partial charge in [0.2, 0.25) is 0 Å². The Morgan fingerprint density at radius 1 is 1.41 bits per heavy atom. The van der Waals surface area contributed by atoms with E-state index >= 15 is 0 Å². The monoisotopic (exact) mass is 240 g/mol. The summed E-state index contributed by atoms with van der Waals surface area (Å²) < 4.78 is 23.1. The summed E-state index contributed by atoms with van der Waals surface area (Å²) in [5, 5.41) is 0. The number of hydrogen-bond acceptors (Lipinski definition) is 3. The lowest BCUT2D eigenvalue weighted by atomic mass is 10.0. The maximum absolute atomic E-state index is 13.4. The number of ketones is 1. The third-order valence-electron chi connectivity index (χ3n) is 2.46. The van der Waals surface area contributed by atoms with E-state index in [0.717, 1.165) is 0 Å². The molecule has 4 heteroatoms. The van der Waals surface area contributed by atoms with Gasteiger partial charge in [-0.25, -0.2) is 4.39 Å². The molecule has 3 nitrogen and oxygen atoms in total. The quantitative estimate of drug-likeness (QED) is 0.717. The molecular formula is C13H17FO3. The van der Waals surface area contributed by atoms with E-state index in [0.29, 0.717) is 18.6 Å². The number of rotatable bonds is 6. The first kappa shape index (κ1) is 13.6.